The molecule has 1 aromatic carbocycles. The molecular weight excluding hydrogens is 207 g/mol. The highest BCUT2D eigenvalue weighted by Gasteiger charge is 2.02. The van der Waals surface area contributed by atoms with Crippen LogP contribution in [0.15, 0.2) is 18.2 Å². The number of hydrogen-bond acceptors (Lipinski definition) is 1. The highest BCUT2D eigenvalue weighted by Crippen LogP contribution is 2.21. The van der Waals surface area contributed by atoms with Crippen molar-refractivity contribution in [2.45, 2.75) is 19.8 Å². The molecule has 70 valence electrons. The first-order valence-corrected chi connectivity index (χ1v) is 4.78. The highest BCUT2D eigenvalue weighted by molar-refractivity contribution is 6.35. The van der Waals surface area contributed by atoms with Crippen LogP contribution < -0.4 is 0 Å². The molecule has 0 amide bonds. The molecule has 0 radical (unpaired) electrons. The van der Waals surface area contributed by atoms with E-state index < -0.39 is 0 Å². The second kappa shape index (κ2) is 4.64. The first-order valence-electron chi connectivity index (χ1n) is 4.03. The van der Waals surface area contributed by atoms with Crippen LogP contribution in [0.25, 0.3) is 0 Å². The molecule has 0 aromatic heterocycles. The molecule has 3 heteroatoms. The van der Waals surface area contributed by atoms with E-state index in [2.05, 4.69) is 0 Å². The van der Waals surface area contributed by atoms with Gasteiger partial charge in [0.15, 0.2) is 0 Å². The van der Waals surface area contributed by atoms with Gasteiger partial charge in [-0.2, -0.15) is 0 Å². The fraction of sp³-hybridized carbons (Fsp3) is 0.300. The Morgan fingerprint density at radius 2 is 2.08 bits per heavy atom. The van der Waals surface area contributed by atoms with E-state index in [1.54, 1.807) is 19.1 Å². The van der Waals surface area contributed by atoms with Gasteiger partial charge in [0, 0.05) is 16.5 Å². The molecule has 0 atom stereocenters. The van der Waals surface area contributed by atoms with Crippen molar-refractivity contribution in [3.63, 3.8) is 0 Å². The molecule has 0 heterocycles. The molecule has 0 saturated heterocycles. The van der Waals surface area contributed by atoms with Crippen molar-refractivity contribution >= 4 is 29.0 Å². The Balaban J connectivity index is 2.72. The summed E-state index contributed by atoms with van der Waals surface area (Å²) in [4.78, 5) is 10.7. The van der Waals surface area contributed by atoms with E-state index >= 15 is 0 Å². The molecule has 0 bridgehead atoms. The lowest BCUT2D eigenvalue weighted by molar-refractivity contribution is -0.116. The van der Waals surface area contributed by atoms with Crippen LogP contribution in [0.3, 0.4) is 0 Å². The maximum Gasteiger partial charge on any atom is 0.130 e. The molecule has 0 N–H and O–H groups in total. The third-order valence-electron chi connectivity index (χ3n) is 1.76. The quantitative estimate of drug-likeness (QED) is 0.756. The van der Waals surface area contributed by atoms with E-state index in [0.717, 1.165) is 5.56 Å². The maximum atomic E-state index is 10.7. The minimum atomic E-state index is 0.172. The predicted octanol–water partition coefficient (Wildman–Crippen LogP) is 3.52. The molecule has 1 rings (SSSR count). The molecule has 0 saturated carbocycles. The summed E-state index contributed by atoms with van der Waals surface area (Å²) in [6.07, 6.45) is 1.21. The zero-order chi connectivity index (χ0) is 9.84. The second-order valence-electron chi connectivity index (χ2n) is 2.94. The smallest absolute Gasteiger partial charge is 0.130 e. The lowest BCUT2D eigenvalue weighted by Gasteiger charge is -2.02. The third-order valence-corrected chi connectivity index (χ3v) is 2.35. The van der Waals surface area contributed by atoms with Gasteiger partial charge in [-0.25, -0.2) is 0 Å². The minimum Gasteiger partial charge on any atom is -0.300 e. The fourth-order valence-electron chi connectivity index (χ4n) is 1.04. The molecule has 1 aromatic rings. The van der Waals surface area contributed by atoms with E-state index in [1.807, 2.05) is 6.07 Å². The second-order valence-corrected chi connectivity index (χ2v) is 3.78. The normalized spacial score (nSPS) is 10.1. The monoisotopic (exact) mass is 216 g/mol. The summed E-state index contributed by atoms with van der Waals surface area (Å²) >= 11 is 11.6. The summed E-state index contributed by atoms with van der Waals surface area (Å²) in [5.41, 5.74) is 0.973. The topological polar surface area (TPSA) is 17.1 Å². The Bertz CT molecular complexity index is 321. The van der Waals surface area contributed by atoms with Crippen molar-refractivity contribution in [2.75, 3.05) is 0 Å². The summed E-state index contributed by atoms with van der Waals surface area (Å²) in [6, 6.07) is 5.33. The fourth-order valence-corrected chi connectivity index (χ4v) is 1.54. The van der Waals surface area contributed by atoms with Crippen molar-refractivity contribution in [1.82, 2.24) is 0 Å². The summed E-state index contributed by atoms with van der Waals surface area (Å²) in [5.74, 6) is 0.172. The molecule has 0 fully saturated rings. The van der Waals surface area contributed by atoms with Gasteiger partial charge in [-0.3, -0.25) is 0 Å². The van der Waals surface area contributed by atoms with Gasteiger partial charge >= 0.3 is 0 Å². The summed E-state index contributed by atoms with van der Waals surface area (Å²) in [6.45, 7) is 1.57. The summed E-state index contributed by atoms with van der Waals surface area (Å²) in [5, 5.41) is 1.25. The molecule has 1 nitrogen and oxygen atoms in total. The molecule has 0 spiro atoms. The van der Waals surface area contributed by atoms with Gasteiger partial charge in [0.2, 0.25) is 0 Å². The first kappa shape index (κ1) is 10.6. The van der Waals surface area contributed by atoms with E-state index in [4.69, 9.17) is 23.2 Å². The van der Waals surface area contributed by atoms with Crippen molar-refractivity contribution in [2.24, 2.45) is 0 Å². The Morgan fingerprint density at radius 3 is 2.62 bits per heavy atom. The number of Topliss-reactive ketones (excluding diaryl/α,β-unsaturated/α-hetero) is 1. The zero-order valence-corrected chi connectivity index (χ0v) is 8.82. The van der Waals surface area contributed by atoms with Gasteiger partial charge in [-0.1, -0.05) is 29.3 Å². The Kier molecular flexibility index (Phi) is 3.76. The number of aryl methyl sites for hydroxylation is 1. The van der Waals surface area contributed by atoms with E-state index in [-0.39, 0.29) is 5.78 Å². The molecule has 0 unspecified atom stereocenters. The summed E-state index contributed by atoms with van der Waals surface area (Å²) < 4.78 is 0. The first-order chi connectivity index (χ1) is 6.09. The maximum absolute atomic E-state index is 10.7. The Labute approximate surface area is 87.7 Å². The molecule has 0 aliphatic rings. The number of benzene rings is 1. The average Bonchev–Trinajstić information content (AvgIpc) is 2.02. The van der Waals surface area contributed by atoms with E-state index in [1.165, 1.54) is 0 Å². The van der Waals surface area contributed by atoms with Crippen molar-refractivity contribution in [1.29, 1.82) is 0 Å². The largest absolute Gasteiger partial charge is 0.300 e. The lowest BCUT2D eigenvalue weighted by atomic mass is 10.1. The molecule has 0 aliphatic heterocycles. The average molecular weight is 217 g/mol. The van der Waals surface area contributed by atoms with E-state index in [9.17, 15) is 4.79 Å². The van der Waals surface area contributed by atoms with Crippen LogP contribution in [0.2, 0.25) is 10.0 Å². The van der Waals surface area contributed by atoms with Crippen molar-refractivity contribution < 1.29 is 4.79 Å². The third kappa shape index (κ3) is 3.37. The van der Waals surface area contributed by atoms with Crippen LogP contribution in [0.4, 0.5) is 0 Å². The SMILES string of the molecule is CC(=O)CCc1ccc(Cl)cc1Cl. The minimum absolute atomic E-state index is 0.172. The number of carbonyl (C=O) groups excluding carboxylic acids is 1. The number of carbonyl (C=O) groups is 1. The van der Waals surface area contributed by atoms with Gasteiger partial charge in [0.05, 0.1) is 0 Å². The Morgan fingerprint density at radius 1 is 1.38 bits per heavy atom. The van der Waals surface area contributed by atoms with Crippen molar-refractivity contribution in [3.05, 3.63) is 33.8 Å². The van der Waals surface area contributed by atoms with E-state index in [0.29, 0.717) is 22.9 Å². The molecular formula is C10H10Cl2O. The van der Waals surface area contributed by atoms with Gasteiger partial charge in [0.1, 0.15) is 5.78 Å². The van der Waals surface area contributed by atoms with Crippen molar-refractivity contribution in [3.8, 4) is 0 Å². The van der Waals surface area contributed by atoms with Crippen LogP contribution in [0, 0.1) is 0 Å². The number of hydrogen-bond donors (Lipinski definition) is 0. The van der Waals surface area contributed by atoms with Crippen LogP contribution in [-0.4, -0.2) is 5.78 Å². The lowest BCUT2D eigenvalue weighted by Crippen LogP contribution is -1.94. The van der Waals surface area contributed by atoms with Crippen LogP contribution in [0.1, 0.15) is 18.9 Å². The molecule has 0 aliphatic carbocycles. The van der Waals surface area contributed by atoms with Crippen LogP contribution in [0.5, 0.6) is 0 Å². The zero-order valence-electron chi connectivity index (χ0n) is 7.31. The predicted molar refractivity (Wildman–Crippen MR) is 55.5 cm³/mol. The highest BCUT2D eigenvalue weighted by atomic mass is 35.5. The van der Waals surface area contributed by atoms with Crippen LogP contribution >= 0.6 is 23.2 Å². The van der Waals surface area contributed by atoms with Gasteiger partial charge in [-0.15, -0.1) is 0 Å². The molecule has 13 heavy (non-hydrogen) atoms. The van der Waals surface area contributed by atoms with Crippen LogP contribution in [-0.2, 0) is 11.2 Å². The summed E-state index contributed by atoms with van der Waals surface area (Å²) in [7, 11) is 0. The Hall–Kier alpha value is -0.530. The standard InChI is InChI=1S/C10H10Cl2O/c1-7(13)2-3-8-4-5-9(11)6-10(8)12/h4-6H,2-3H2,1H3. The number of rotatable bonds is 3. The van der Waals surface area contributed by atoms with Gasteiger partial charge in [0.25, 0.3) is 0 Å². The number of halogens is 2. The number of ketones is 1. The van der Waals surface area contributed by atoms with Gasteiger partial charge in [-0.05, 0) is 31.0 Å². The van der Waals surface area contributed by atoms with Gasteiger partial charge < -0.3 is 4.79 Å².